The zero-order valence-corrected chi connectivity index (χ0v) is 15.7. The van der Waals surface area contributed by atoms with E-state index in [-0.39, 0.29) is 18.5 Å². The number of nitrogens with zero attached hydrogens (tertiary/aromatic N) is 1. The number of aryl methyl sites for hydroxylation is 1. The van der Waals surface area contributed by atoms with Crippen LogP contribution in [0.4, 0.5) is 0 Å². The smallest absolute Gasteiger partial charge is 0.309 e. The molecule has 3 rings (SSSR count). The highest BCUT2D eigenvalue weighted by Gasteiger charge is 2.33. The van der Waals surface area contributed by atoms with Gasteiger partial charge in [0, 0.05) is 13.1 Å². The molecule has 2 heterocycles. The third kappa shape index (κ3) is 4.29. The van der Waals surface area contributed by atoms with Crippen LogP contribution >= 0.6 is 11.3 Å². The molecule has 0 amide bonds. The summed E-state index contributed by atoms with van der Waals surface area (Å²) in [6.07, 6.45) is 0.995. The third-order valence-corrected chi connectivity index (χ3v) is 7.61. The molecule has 0 bridgehead atoms. The van der Waals surface area contributed by atoms with Gasteiger partial charge in [-0.3, -0.25) is 4.79 Å². The topological polar surface area (TPSA) is 63.7 Å². The predicted octanol–water partition coefficient (Wildman–Crippen LogP) is 3.20. The van der Waals surface area contributed by atoms with Crippen molar-refractivity contribution in [2.45, 2.75) is 30.6 Å². The van der Waals surface area contributed by atoms with Crippen molar-refractivity contribution in [3.05, 3.63) is 52.9 Å². The average Bonchev–Trinajstić information content (AvgIpc) is 3.15. The summed E-state index contributed by atoms with van der Waals surface area (Å²) in [5.41, 5.74) is 2.09. The summed E-state index contributed by atoms with van der Waals surface area (Å²) in [5.74, 6) is -0.478. The lowest BCUT2D eigenvalue weighted by molar-refractivity contribution is -0.151. The van der Waals surface area contributed by atoms with Crippen LogP contribution in [0.15, 0.2) is 46.0 Å². The van der Waals surface area contributed by atoms with Crippen molar-refractivity contribution in [2.75, 3.05) is 13.1 Å². The van der Waals surface area contributed by atoms with E-state index in [1.807, 2.05) is 31.2 Å². The van der Waals surface area contributed by atoms with Crippen molar-refractivity contribution in [1.82, 2.24) is 4.31 Å². The van der Waals surface area contributed by atoms with Crippen LogP contribution in [0.5, 0.6) is 0 Å². The molecule has 0 radical (unpaired) electrons. The molecule has 1 aromatic carbocycles. The zero-order chi connectivity index (χ0) is 17.9. The van der Waals surface area contributed by atoms with Gasteiger partial charge in [0.2, 0.25) is 0 Å². The highest BCUT2D eigenvalue weighted by molar-refractivity contribution is 7.91. The second-order valence-electron chi connectivity index (χ2n) is 6.21. The second kappa shape index (κ2) is 7.68. The number of ether oxygens (including phenoxy) is 1. The van der Waals surface area contributed by atoms with E-state index in [2.05, 4.69) is 0 Å². The predicted molar refractivity (Wildman–Crippen MR) is 96.8 cm³/mol. The minimum atomic E-state index is -3.43. The van der Waals surface area contributed by atoms with Crippen LogP contribution in [-0.2, 0) is 26.2 Å². The Morgan fingerprint density at radius 1 is 1.24 bits per heavy atom. The molecule has 1 saturated heterocycles. The summed E-state index contributed by atoms with van der Waals surface area (Å²) in [6, 6.07) is 11.2. The summed E-state index contributed by atoms with van der Waals surface area (Å²) in [7, 11) is -3.43. The monoisotopic (exact) mass is 379 g/mol. The highest BCUT2D eigenvalue weighted by atomic mass is 32.2. The van der Waals surface area contributed by atoms with E-state index in [1.165, 1.54) is 15.6 Å². The molecule has 1 aromatic heterocycles. The van der Waals surface area contributed by atoms with Gasteiger partial charge in [-0.05, 0) is 36.8 Å². The Bertz CT molecular complexity index is 823. The van der Waals surface area contributed by atoms with Gasteiger partial charge in [-0.2, -0.15) is 4.31 Å². The summed E-state index contributed by atoms with van der Waals surface area (Å²) in [5, 5.41) is 1.75. The largest absolute Gasteiger partial charge is 0.461 e. The molecule has 7 heteroatoms. The Kier molecular flexibility index (Phi) is 5.56. The molecule has 0 unspecified atom stereocenters. The summed E-state index contributed by atoms with van der Waals surface area (Å²) in [4.78, 5) is 12.3. The van der Waals surface area contributed by atoms with Crippen LogP contribution in [0.3, 0.4) is 0 Å². The van der Waals surface area contributed by atoms with Crippen LogP contribution < -0.4 is 0 Å². The Balaban J connectivity index is 1.52. The van der Waals surface area contributed by atoms with Crippen LogP contribution in [0.25, 0.3) is 0 Å². The van der Waals surface area contributed by atoms with E-state index < -0.39 is 10.0 Å². The fraction of sp³-hybridized carbons (Fsp3) is 0.389. The van der Waals surface area contributed by atoms with Gasteiger partial charge in [0.05, 0.1) is 5.92 Å². The molecule has 0 aliphatic carbocycles. The Morgan fingerprint density at radius 3 is 2.64 bits per heavy atom. The van der Waals surface area contributed by atoms with Gasteiger partial charge in [0.25, 0.3) is 10.0 Å². The number of carbonyl (C=O) groups is 1. The van der Waals surface area contributed by atoms with Gasteiger partial charge < -0.3 is 4.74 Å². The molecule has 0 N–H and O–H groups in total. The van der Waals surface area contributed by atoms with E-state index in [1.54, 1.807) is 17.5 Å². The average molecular weight is 380 g/mol. The number of rotatable bonds is 5. The molecule has 5 nitrogen and oxygen atoms in total. The molecule has 1 aliphatic rings. The minimum absolute atomic E-state index is 0.236. The van der Waals surface area contributed by atoms with Gasteiger partial charge in [-0.1, -0.05) is 35.9 Å². The summed E-state index contributed by atoms with van der Waals surface area (Å²) in [6.45, 7) is 2.96. The van der Waals surface area contributed by atoms with Crippen molar-refractivity contribution in [3.63, 3.8) is 0 Å². The van der Waals surface area contributed by atoms with E-state index in [4.69, 9.17) is 4.74 Å². The standard InChI is InChI=1S/C18H21NO4S2/c1-14-4-2-5-15(12-14)13-23-18(20)16-7-9-19(10-8-16)25(21,22)17-6-3-11-24-17/h2-6,11-12,16H,7-10,13H2,1H3. The van der Waals surface area contributed by atoms with Gasteiger partial charge in [0.15, 0.2) is 0 Å². The molecule has 2 aromatic rings. The van der Waals surface area contributed by atoms with Crippen molar-refractivity contribution < 1.29 is 17.9 Å². The first-order valence-electron chi connectivity index (χ1n) is 8.22. The Morgan fingerprint density at radius 2 is 2.00 bits per heavy atom. The Hall–Kier alpha value is -1.70. The maximum atomic E-state index is 12.5. The number of hydrogen-bond donors (Lipinski definition) is 0. The molecule has 25 heavy (non-hydrogen) atoms. The van der Waals surface area contributed by atoms with Crippen LogP contribution in [0.1, 0.15) is 24.0 Å². The van der Waals surface area contributed by atoms with Crippen molar-refractivity contribution in [1.29, 1.82) is 0 Å². The van der Waals surface area contributed by atoms with Crippen molar-refractivity contribution >= 4 is 27.3 Å². The number of piperidine rings is 1. The van der Waals surface area contributed by atoms with E-state index >= 15 is 0 Å². The third-order valence-electron chi connectivity index (χ3n) is 4.34. The molecule has 1 aliphatic heterocycles. The molecule has 0 saturated carbocycles. The quantitative estimate of drug-likeness (QED) is 0.749. The number of carbonyl (C=O) groups excluding carboxylic acids is 1. The minimum Gasteiger partial charge on any atom is -0.461 e. The van der Waals surface area contributed by atoms with Crippen LogP contribution in [0.2, 0.25) is 0 Å². The lowest BCUT2D eigenvalue weighted by atomic mass is 9.98. The lowest BCUT2D eigenvalue weighted by Crippen LogP contribution is -2.40. The first-order valence-corrected chi connectivity index (χ1v) is 10.5. The normalized spacial score (nSPS) is 16.7. The zero-order valence-electron chi connectivity index (χ0n) is 14.1. The Labute approximate surface area is 152 Å². The van der Waals surface area contributed by atoms with E-state index in [0.717, 1.165) is 11.1 Å². The molecule has 134 valence electrons. The van der Waals surface area contributed by atoms with Crippen LogP contribution in [-0.4, -0.2) is 31.8 Å². The maximum absolute atomic E-state index is 12.5. The van der Waals surface area contributed by atoms with Gasteiger partial charge in [-0.25, -0.2) is 8.42 Å². The number of sulfonamides is 1. The first kappa shape index (κ1) is 18.1. The van der Waals surface area contributed by atoms with E-state index in [0.29, 0.717) is 30.1 Å². The molecular weight excluding hydrogens is 358 g/mol. The van der Waals surface area contributed by atoms with Crippen molar-refractivity contribution in [3.8, 4) is 0 Å². The number of benzene rings is 1. The molecule has 0 spiro atoms. The molecular formula is C18H21NO4S2. The number of hydrogen-bond acceptors (Lipinski definition) is 5. The SMILES string of the molecule is Cc1cccc(COC(=O)C2CCN(S(=O)(=O)c3cccs3)CC2)c1. The second-order valence-corrected chi connectivity index (χ2v) is 9.32. The maximum Gasteiger partial charge on any atom is 0.309 e. The number of esters is 1. The van der Waals surface area contributed by atoms with Gasteiger partial charge in [0.1, 0.15) is 10.8 Å². The highest BCUT2D eigenvalue weighted by Crippen LogP contribution is 2.27. The van der Waals surface area contributed by atoms with Crippen molar-refractivity contribution in [2.24, 2.45) is 5.92 Å². The van der Waals surface area contributed by atoms with Gasteiger partial charge >= 0.3 is 5.97 Å². The van der Waals surface area contributed by atoms with Crippen LogP contribution in [0, 0.1) is 12.8 Å². The molecule has 0 atom stereocenters. The van der Waals surface area contributed by atoms with Gasteiger partial charge in [-0.15, -0.1) is 11.3 Å². The summed E-state index contributed by atoms with van der Waals surface area (Å²) < 4.78 is 32.2. The lowest BCUT2D eigenvalue weighted by Gasteiger charge is -2.29. The molecule has 1 fully saturated rings. The first-order chi connectivity index (χ1) is 12.0. The number of thiophene rings is 1. The fourth-order valence-corrected chi connectivity index (χ4v) is 5.56. The van der Waals surface area contributed by atoms with E-state index in [9.17, 15) is 13.2 Å². The fourth-order valence-electron chi connectivity index (χ4n) is 2.94. The summed E-state index contributed by atoms with van der Waals surface area (Å²) >= 11 is 1.22.